The minimum Gasteiger partial charge on any atom is -0.396 e. The number of hydrogen-bond donors (Lipinski definition) is 2. The smallest absolute Gasteiger partial charge is 0.294 e. The van der Waals surface area contributed by atoms with Crippen LogP contribution in [0.4, 0.5) is 10.1 Å². The Bertz CT molecular complexity index is 579. The second kappa shape index (κ2) is 6.13. The molecule has 0 amide bonds. The molecule has 2 rings (SSSR count). The van der Waals surface area contributed by atoms with Gasteiger partial charge in [-0.2, -0.15) is 8.42 Å². The van der Waals surface area contributed by atoms with Crippen LogP contribution in [0.2, 0.25) is 0 Å². The Hall–Kier alpha value is -1.92. The highest BCUT2D eigenvalue weighted by atomic mass is 32.2. The fourth-order valence-electron chi connectivity index (χ4n) is 1.07. The van der Waals surface area contributed by atoms with Gasteiger partial charge in [-0.05, 0) is 24.3 Å². The van der Waals surface area contributed by atoms with Crippen LogP contribution < -0.4 is 5.73 Å². The van der Waals surface area contributed by atoms with E-state index in [1.54, 1.807) is 30.3 Å². The van der Waals surface area contributed by atoms with Crippen LogP contribution in [0.15, 0.2) is 59.5 Å². The number of para-hydroxylation sites is 1. The lowest BCUT2D eigenvalue weighted by Gasteiger charge is -1.92. The Morgan fingerprint density at radius 3 is 1.78 bits per heavy atom. The molecule has 0 atom stereocenters. The first-order valence-electron chi connectivity index (χ1n) is 4.94. The quantitative estimate of drug-likeness (QED) is 0.615. The molecule has 0 bridgehead atoms. The van der Waals surface area contributed by atoms with Crippen molar-refractivity contribution in [3.8, 4) is 0 Å². The monoisotopic (exact) mass is 269 g/mol. The maximum absolute atomic E-state index is 12.2. The lowest BCUT2D eigenvalue weighted by molar-refractivity contribution is 0.483. The minimum atomic E-state index is -4.00. The lowest BCUT2D eigenvalue weighted by atomic mass is 10.3. The van der Waals surface area contributed by atoms with Crippen molar-refractivity contribution in [2.75, 3.05) is 5.73 Å². The summed E-state index contributed by atoms with van der Waals surface area (Å²) < 4.78 is 41.4. The van der Waals surface area contributed by atoms with Crippen molar-refractivity contribution in [3.63, 3.8) is 0 Å². The number of halogens is 1. The van der Waals surface area contributed by atoms with Gasteiger partial charge in [0.25, 0.3) is 10.1 Å². The summed E-state index contributed by atoms with van der Waals surface area (Å²) in [5, 5.41) is 0. The first-order chi connectivity index (χ1) is 8.41. The van der Waals surface area contributed by atoms with Gasteiger partial charge in [-0.15, -0.1) is 0 Å². The molecular weight excluding hydrogens is 257 g/mol. The van der Waals surface area contributed by atoms with E-state index in [9.17, 15) is 12.8 Å². The van der Waals surface area contributed by atoms with Crippen LogP contribution in [0.1, 0.15) is 0 Å². The summed E-state index contributed by atoms with van der Waals surface area (Å²) >= 11 is 0. The van der Waals surface area contributed by atoms with E-state index in [0.717, 1.165) is 0 Å². The zero-order chi connectivity index (χ0) is 13.6. The highest BCUT2D eigenvalue weighted by molar-refractivity contribution is 7.85. The molecule has 0 saturated heterocycles. The van der Waals surface area contributed by atoms with Gasteiger partial charge in [0.15, 0.2) is 0 Å². The fraction of sp³-hybridized carbons (Fsp3) is 0. The number of hydrogen-bond acceptors (Lipinski definition) is 3. The molecule has 0 fully saturated rings. The summed E-state index contributed by atoms with van der Waals surface area (Å²) in [7, 11) is -4.00. The predicted molar refractivity (Wildman–Crippen MR) is 67.1 cm³/mol. The number of rotatable bonds is 1. The van der Waals surface area contributed by atoms with Gasteiger partial charge >= 0.3 is 0 Å². The summed E-state index contributed by atoms with van der Waals surface area (Å²) in [5.74, 6) is -0.354. The highest BCUT2D eigenvalue weighted by Gasteiger charge is 2.05. The van der Waals surface area contributed by atoms with Crippen molar-refractivity contribution in [1.29, 1.82) is 0 Å². The maximum atomic E-state index is 12.2. The molecule has 2 aromatic rings. The average Bonchev–Trinajstić information content (AvgIpc) is 2.34. The van der Waals surface area contributed by atoms with Crippen LogP contribution in [-0.2, 0) is 10.1 Å². The van der Waals surface area contributed by atoms with E-state index in [1.165, 1.54) is 24.3 Å². The normalized spacial score (nSPS) is 10.3. The third-order valence-electron chi connectivity index (χ3n) is 1.95. The molecule has 0 aliphatic carbocycles. The molecule has 6 heteroatoms. The summed E-state index contributed by atoms with van der Waals surface area (Å²) in [4.78, 5) is -0.0741. The van der Waals surface area contributed by atoms with Gasteiger partial charge in [-0.1, -0.05) is 30.3 Å². The van der Waals surface area contributed by atoms with Gasteiger partial charge in [0.1, 0.15) is 5.82 Å². The van der Waals surface area contributed by atoms with Crippen LogP contribution >= 0.6 is 0 Å². The van der Waals surface area contributed by atoms with Crippen molar-refractivity contribution in [2.45, 2.75) is 4.90 Å². The zero-order valence-electron chi connectivity index (χ0n) is 9.32. The molecule has 0 spiro atoms. The van der Waals surface area contributed by atoms with Crippen LogP contribution in [-0.4, -0.2) is 13.0 Å². The number of benzene rings is 2. The summed E-state index contributed by atoms with van der Waals surface area (Å²) in [6.07, 6.45) is 0. The fourth-order valence-corrected chi connectivity index (χ4v) is 1.57. The maximum Gasteiger partial charge on any atom is 0.294 e. The SMILES string of the molecule is Nc1ccccc1F.O=S(=O)(O)c1ccccc1. The molecule has 0 heterocycles. The zero-order valence-corrected chi connectivity index (χ0v) is 10.1. The Kier molecular flexibility index (Phi) is 4.82. The second-order valence-electron chi connectivity index (χ2n) is 3.31. The minimum absolute atomic E-state index is 0.0741. The van der Waals surface area contributed by atoms with E-state index in [1.807, 2.05) is 0 Å². The van der Waals surface area contributed by atoms with Crippen LogP contribution in [0.3, 0.4) is 0 Å². The molecule has 0 unspecified atom stereocenters. The summed E-state index contributed by atoms with van der Waals surface area (Å²) in [6, 6.07) is 13.6. The van der Waals surface area contributed by atoms with Gasteiger partial charge in [0.2, 0.25) is 0 Å². The van der Waals surface area contributed by atoms with Crippen molar-refractivity contribution in [2.24, 2.45) is 0 Å². The predicted octanol–water partition coefficient (Wildman–Crippen LogP) is 2.34. The third-order valence-corrected chi connectivity index (χ3v) is 2.81. The number of anilines is 1. The van der Waals surface area contributed by atoms with Crippen LogP contribution in [0, 0.1) is 5.82 Å². The Morgan fingerprint density at radius 1 is 0.944 bits per heavy atom. The van der Waals surface area contributed by atoms with E-state index in [-0.39, 0.29) is 16.4 Å². The number of nitrogens with two attached hydrogens (primary N) is 1. The highest BCUT2D eigenvalue weighted by Crippen LogP contribution is 2.06. The molecule has 0 aromatic heterocycles. The molecule has 4 nitrogen and oxygen atoms in total. The molecule has 18 heavy (non-hydrogen) atoms. The Morgan fingerprint density at radius 2 is 1.44 bits per heavy atom. The first kappa shape index (κ1) is 14.1. The molecule has 3 N–H and O–H groups in total. The summed E-state index contributed by atoms with van der Waals surface area (Å²) in [5.41, 5.74) is 5.35. The van der Waals surface area contributed by atoms with Gasteiger partial charge in [0.05, 0.1) is 10.6 Å². The van der Waals surface area contributed by atoms with E-state index in [0.29, 0.717) is 0 Å². The van der Waals surface area contributed by atoms with E-state index in [2.05, 4.69) is 0 Å². The average molecular weight is 269 g/mol. The Labute approximate surface area is 105 Å². The number of nitrogen functional groups attached to an aromatic ring is 1. The molecule has 2 aromatic carbocycles. The second-order valence-corrected chi connectivity index (χ2v) is 4.73. The molecule has 96 valence electrons. The van der Waals surface area contributed by atoms with Gasteiger partial charge in [-0.25, -0.2) is 4.39 Å². The summed E-state index contributed by atoms with van der Waals surface area (Å²) in [6.45, 7) is 0. The molecular formula is C12H12FNO3S. The molecule has 0 aliphatic rings. The van der Waals surface area contributed by atoms with E-state index >= 15 is 0 Å². The van der Waals surface area contributed by atoms with Gasteiger partial charge in [-0.3, -0.25) is 4.55 Å². The lowest BCUT2D eigenvalue weighted by Crippen LogP contribution is -1.96. The first-order valence-corrected chi connectivity index (χ1v) is 6.38. The topological polar surface area (TPSA) is 80.4 Å². The molecule has 0 radical (unpaired) electrons. The Balaban J connectivity index is 0.000000184. The van der Waals surface area contributed by atoms with Gasteiger partial charge in [0, 0.05) is 0 Å². The third kappa shape index (κ3) is 4.52. The largest absolute Gasteiger partial charge is 0.396 e. The molecule has 0 aliphatic heterocycles. The standard InChI is InChI=1S/C6H6FN.C6H6O3S/c7-5-3-1-2-4-6(5)8;7-10(8,9)6-4-2-1-3-5-6/h1-4H,8H2;1-5H,(H,7,8,9). The van der Waals surface area contributed by atoms with E-state index < -0.39 is 10.1 Å². The van der Waals surface area contributed by atoms with Crippen molar-refractivity contribution >= 4 is 15.8 Å². The van der Waals surface area contributed by atoms with Crippen molar-refractivity contribution in [3.05, 3.63) is 60.4 Å². The molecule has 0 saturated carbocycles. The van der Waals surface area contributed by atoms with Gasteiger partial charge < -0.3 is 5.73 Å². The van der Waals surface area contributed by atoms with Crippen molar-refractivity contribution in [1.82, 2.24) is 0 Å². The van der Waals surface area contributed by atoms with Crippen molar-refractivity contribution < 1.29 is 17.4 Å². The van der Waals surface area contributed by atoms with Crippen LogP contribution in [0.25, 0.3) is 0 Å². The van der Waals surface area contributed by atoms with Crippen LogP contribution in [0.5, 0.6) is 0 Å². The van der Waals surface area contributed by atoms with E-state index in [4.69, 9.17) is 10.3 Å².